The van der Waals surface area contributed by atoms with Gasteiger partial charge in [-0.1, -0.05) is 0 Å². The van der Waals surface area contributed by atoms with Crippen LogP contribution in [-0.2, 0) is 6.54 Å². The van der Waals surface area contributed by atoms with Crippen LogP contribution in [0.2, 0.25) is 0 Å². The molecule has 0 unspecified atom stereocenters. The van der Waals surface area contributed by atoms with Gasteiger partial charge in [-0.15, -0.1) is 0 Å². The summed E-state index contributed by atoms with van der Waals surface area (Å²) in [5.41, 5.74) is -3.15. The number of hydrogen-bond acceptors (Lipinski definition) is 3. The third kappa shape index (κ3) is 5.97. The van der Waals surface area contributed by atoms with Crippen LogP contribution in [0.1, 0.15) is 25.5 Å². The first-order chi connectivity index (χ1) is 7.88. The van der Waals surface area contributed by atoms with E-state index in [2.05, 4.69) is 10.4 Å². The highest BCUT2D eigenvalue weighted by atomic mass is 32.2. The number of nitrogens with zero attached hydrogens (tertiary/aromatic N) is 2. The minimum Gasteiger partial charge on any atom is -0.312 e. The molecule has 0 saturated heterocycles. The normalized spacial score (nSPS) is 12.4. The molecule has 0 aliphatic rings. The van der Waals surface area contributed by atoms with Crippen LogP contribution in [-0.4, -0.2) is 27.6 Å². The maximum absolute atomic E-state index is 11.8. The van der Waals surface area contributed by atoms with E-state index in [1.165, 1.54) is 0 Å². The van der Waals surface area contributed by atoms with Crippen molar-refractivity contribution in [2.24, 2.45) is 0 Å². The molecule has 0 fully saturated rings. The lowest BCUT2D eigenvalue weighted by atomic mass is 10.3. The van der Waals surface area contributed by atoms with Crippen molar-refractivity contribution < 1.29 is 13.2 Å². The summed E-state index contributed by atoms with van der Waals surface area (Å²) in [5.74, 6) is 0.0296. The van der Waals surface area contributed by atoms with Crippen molar-refractivity contribution in [3.63, 3.8) is 0 Å². The van der Waals surface area contributed by atoms with Gasteiger partial charge in [-0.2, -0.15) is 18.3 Å². The summed E-state index contributed by atoms with van der Waals surface area (Å²) in [5, 5.41) is 7.10. The highest BCUT2D eigenvalue weighted by Gasteiger charge is 2.27. The lowest BCUT2D eigenvalue weighted by Gasteiger charge is -2.06. The third-order valence-electron chi connectivity index (χ3n) is 2.06. The Labute approximate surface area is 103 Å². The SMILES string of the molecule is CC(C)n1cc(CNCCSC(F)(F)F)cn1. The van der Waals surface area contributed by atoms with Crippen LogP contribution >= 0.6 is 11.8 Å². The molecule has 1 rings (SSSR count). The molecule has 1 aromatic rings. The summed E-state index contributed by atoms with van der Waals surface area (Å²) in [6.45, 7) is 4.91. The average Bonchev–Trinajstić information content (AvgIpc) is 2.64. The molecule has 0 amide bonds. The summed E-state index contributed by atoms with van der Waals surface area (Å²) < 4.78 is 37.3. The Bertz CT molecular complexity index is 336. The monoisotopic (exact) mass is 267 g/mol. The number of hydrogen-bond donors (Lipinski definition) is 1. The van der Waals surface area contributed by atoms with Gasteiger partial charge in [0, 0.05) is 36.6 Å². The second-order valence-corrected chi connectivity index (χ2v) is 5.05. The van der Waals surface area contributed by atoms with Crippen LogP contribution in [0.25, 0.3) is 0 Å². The van der Waals surface area contributed by atoms with E-state index in [0.29, 0.717) is 19.1 Å². The van der Waals surface area contributed by atoms with E-state index in [-0.39, 0.29) is 17.5 Å². The van der Waals surface area contributed by atoms with Crippen molar-refractivity contribution in [2.45, 2.75) is 31.9 Å². The Morgan fingerprint density at radius 3 is 2.71 bits per heavy atom. The van der Waals surface area contributed by atoms with Gasteiger partial charge in [0.2, 0.25) is 0 Å². The molecule has 17 heavy (non-hydrogen) atoms. The van der Waals surface area contributed by atoms with Gasteiger partial charge in [0.05, 0.1) is 6.20 Å². The minimum atomic E-state index is -4.13. The fourth-order valence-electron chi connectivity index (χ4n) is 1.22. The van der Waals surface area contributed by atoms with Gasteiger partial charge in [0.15, 0.2) is 0 Å². The molecular formula is C10H16F3N3S. The number of nitrogens with one attached hydrogen (secondary N) is 1. The van der Waals surface area contributed by atoms with Gasteiger partial charge in [-0.25, -0.2) is 0 Å². The molecule has 0 aliphatic heterocycles. The standard InChI is InChI=1S/C10H16F3N3S/c1-8(2)16-7-9(6-15-16)5-14-3-4-17-10(11,12)13/h6-8,14H,3-5H2,1-2H3. The Kier molecular flexibility index (Phi) is 5.32. The minimum absolute atomic E-state index is 0.00452. The molecule has 1 heterocycles. The first kappa shape index (κ1) is 14.4. The predicted octanol–water partition coefficient (Wildman–Crippen LogP) is 2.81. The fraction of sp³-hybridized carbons (Fsp3) is 0.700. The van der Waals surface area contributed by atoms with Crippen molar-refractivity contribution in [3.05, 3.63) is 18.0 Å². The van der Waals surface area contributed by atoms with Crippen molar-refractivity contribution in [2.75, 3.05) is 12.3 Å². The van der Waals surface area contributed by atoms with Crippen molar-refractivity contribution >= 4 is 11.8 Å². The quantitative estimate of drug-likeness (QED) is 0.804. The zero-order chi connectivity index (χ0) is 12.9. The summed E-state index contributed by atoms with van der Waals surface area (Å²) in [7, 11) is 0. The van der Waals surface area contributed by atoms with Crippen LogP contribution < -0.4 is 5.32 Å². The van der Waals surface area contributed by atoms with Gasteiger partial charge in [0.1, 0.15) is 0 Å². The van der Waals surface area contributed by atoms with Crippen LogP contribution in [0, 0.1) is 0 Å². The molecule has 0 radical (unpaired) electrons. The molecular weight excluding hydrogens is 251 g/mol. The molecule has 0 aromatic carbocycles. The molecule has 0 aliphatic carbocycles. The molecule has 0 bridgehead atoms. The Balaban J connectivity index is 2.18. The molecule has 7 heteroatoms. The number of rotatable bonds is 6. The highest BCUT2D eigenvalue weighted by Crippen LogP contribution is 2.29. The predicted molar refractivity (Wildman–Crippen MR) is 62.8 cm³/mol. The lowest BCUT2D eigenvalue weighted by molar-refractivity contribution is -0.0327. The molecule has 0 spiro atoms. The Morgan fingerprint density at radius 1 is 1.47 bits per heavy atom. The largest absolute Gasteiger partial charge is 0.441 e. The third-order valence-corrected chi connectivity index (χ3v) is 2.79. The van der Waals surface area contributed by atoms with Gasteiger partial charge in [-0.05, 0) is 25.6 Å². The fourth-order valence-corrected chi connectivity index (χ4v) is 1.70. The lowest BCUT2D eigenvalue weighted by Crippen LogP contribution is -2.18. The van der Waals surface area contributed by atoms with Crippen molar-refractivity contribution in [1.29, 1.82) is 0 Å². The highest BCUT2D eigenvalue weighted by molar-refractivity contribution is 8.00. The first-order valence-electron chi connectivity index (χ1n) is 5.33. The second-order valence-electron chi connectivity index (χ2n) is 3.89. The number of alkyl halides is 3. The molecule has 1 aromatic heterocycles. The van der Waals surface area contributed by atoms with E-state index >= 15 is 0 Å². The maximum atomic E-state index is 11.8. The Morgan fingerprint density at radius 2 is 2.18 bits per heavy atom. The van der Waals surface area contributed by atoms with Crippen molar-refractivity contribution in [1.82, 2.24) is 15.1 Å². The number of aromatic nitrogens is 2. The topological polar surface area (TPSA) is 29.9 Å². The van der Waals surface area contributed by atoms with Crippen molar-refractivity contribution in [3.8, 4) is 0 Å². The molecule has 3 nitrogen and oxygen atoms in total. The maximum Gasteiger partial charge on any atom is 0.441 e. The van der Waals surface area contributed by atoms with E-state index in [0.717, 1.165) is 5.56 Å². The molecule has 0 atom stereocenters. The molecule has 0 saturated carbocycles. The number of halogens is 3. The van der Waals surface area contributed by atoms with Crippen LogP contribution in [0.3, 0.4) is 0 Å². The number of thioether (sulfide) groups is 1. The van der Waals surface area contributed by atoms with Gasteiger partial charge in [0.25, 0.3) is 0 Å². The van der Waals surface area contributed by atoms with Gasteiger partial charge < -0.3 is 5.32 Å². The smallest absolute Gasteiger partial charge is 0.312 e. The van der Waals surface area contributed by atoms with E-state index in [9.17, 15) is 13.2 Å². The Hall–Kier alpha value is -0.690. The zero-order valence-electron chi connectivity index (χ0n) is 9.79. The first-order valence-corrected chi connectivity index (χ1v) is 6.31. The van der Waals surface area contributed by atoms with E-state index in [1.54, 1.807) is 6.20 Å². The second kappa shape index (κ2) is 6.30. The molecule has 1 N–H and O–H groups in total. The van der Waals surface area contributed by atoms with Crippen LogP contribution in [0.15, 0.2) is 12.4 Å². The van der Waals surface area contributed by atoms with Crippen LogP contribution in [0.4, 0.5) is 13.2 Å². The van der Waals surface area contributed by atoms with Gasteiger partial charge in [-0.3, -0.25) is 4.68 Å². The summed E-state index contributed by atoms with van der Waals surface area (Å²) >= 11 is -0.00452. The van der Waals surface area contributed by atoms with Crippen LogP contribution in [0.5, 0.6) is 0 Å². The van der Waals surface area contributed by atoms with E-state index in [1.807, 2.05) is 24.7 Å². The van der Waals surface area contributed by atoms with E-state index < -0.39 is 5.51 Å². The average molecular weight is 267 g/mol. The zero-order valence-corrected chi connectivity index (χ0v) is 10.6. The van der Waals surface area contributed by atoms with Gasteiger partial charge >= 0.3 is 5.51 Å². The van der Waals surface area contributed by atoms with E-state index in [4.69, 9.17) is 0 Å². The summed E-state index contributed by atoms with van der Waals surface area (Å²) in [6, 6.07) is 0.296. The molecule has 98 valence electrons. The summed E-state index contributed by atoms with van der Waals surface area (Å²) in [4.78, 5) is 0. The summed E-state index contributed by atoms with van der Waals surface area (Å²) in [6.07, 6.45) is 3.62.